The quantitative estimate of drug-likeness (QED) is 0.789. The van der Waals surface area contributed by atoms with Crippen LogP contribution in [0, 0.1) is 0 Å². The number of rotatable bonds is 3. The fraction of sp³-hybridized carbons (Fsp3) is 0.538. The van der Waals surface area contributed by atoms with Crippen molar-refractivity contribution in [3.63, 3.8) is 0 Å². The Morgan fingerprint density at radius 3 is 2.53 bits per heavy atom. The summed E-state index contributed by atoms with van der Waals surface area (Å²) in [6, 6.07) is 6.47. The van der Waals surface area contributed by atoms with Gasteiger partial charge in [0.05, 0.1) is 17.1 Å². The summed E-state index contributed by atoms with van der Waals surface area (Å²) in [5.74, 6) is 0. The van der Waals surface area contributed by atoms with Gasteiger partial charge < -0.3 is 4.74 Å². The van der Waals surface area contributed by atoms with E-state index in [1.54, 1.807) is 24.3 Å². The number of halogens is 1. The molecule has 0 N–H and O–H groups in total. The minimum atomic E-state index is -3.70. The van der Waals surface area contributed by atoms with E-state index in [-0.39, 0.29) is 17.1 Å². The molecule has 19 heavy (non-hydrogen) atoms. The van der Waals surface area contributed by atoms with E-state index in [0.29, 0.717) is 6.10 Å². The molecule has 2 aliphatic rings. The highest BCUT2D eigenvalue weighted by Gasteiger charge is 2.39. The Labute approximate surface area is 121 Å². The fourth-order valence-corrected chi connectivity index (χ4v) is 4.08. The van der Waals surface area contributed by atoms with E-state index in [9.17, 15) is 8.42 Å². The average molecular weight is 347 g/mol. The van der Waals surface area contributed by atoms with Gasteiger partial charge in [0.1, 0.15) is 6.10 Å². The van der Waals surface area contributed by atoms with Crippen LogP contribution in [0.25, 0.3) is 0 Å². The molecule has 0 radical (unpaired) electrons. The fourth-order valence-electron chi connectivity index (χ4n) is 2.68. The number of ether oxygens (including phenoxy) is 1. The maximum absolute atomic E-state index is 12.2. The van der Waals surface area contributed by atoms with E-state index in [4.69, 9.17) is 8.92 Å². The molecule has 0 amide bonds. The zero-order valence-electron chi connectivity index (χ0n) is 10.3. The molecule has 2 saturated heterocycles. The Bertz CT molecular complexity index is 555. The lowest BCUT2D eigenvalue weighted by molar-refractivity contribution is -0.0623. The molecule has 1 aromatic rings. The van der Waals surface area contributed by atoms with Gasteiger partial charge in [0.25, 0.3) is 10.1 Å². The highest BCUT2D eigenvalue weighted by molar-refractivity contribution is 9.10. The number of hydrogen-bond donors (Lipinski definition) is 0. The van der Waals surface area contributed by atoms with E-state index in [2.05, 4.69) is 15.9 Å². The van der Waals surface area contributed by atoms with Crippen LogP contribution in [0.15, 0.2) is 33.6 Å². The lowest BCUT2D eigenvalue weighted by Crippen LogP contribution is -2.35. The van der Waals surface area contributed by atoms with Crippen LogP contribution < -0.4 is 0 Å². The third-order valence-corrected chi connectivity index (χ3v) is 5.56. The largest absolute Gasteiger partial charge is 0.372 e. The molecule has 2 fully saturated rings. The monoisotopic (exact) mass is 346 g/mol. The van der Waals surface area contributed by atoms with Gasteiger partial charge in [-0.15, -0.1) is 0 Å². The third-order valence-electron chi connectivity index (χ3n) is 3.68. The van der Waals surface area contributed by atoms with Crippen molar-refractivity contribution in [2.75, 3.05) is 0 Å². The van der Waals surface area contributed by atoms with Crippen LogP contribution in [0.5, 0.6) is 0 Å². The van der Waals surface area contributed by atoms with E-state index in [0.717, 1.165) is 30.2 Å². The second kappa shape index (κ2) is 5.16. The maximum Gasteiger partial charge on any atom is 0.297 e. The van der Waals surface area contributed by atoms with Crippen LogP contribution in [0.2, 0.25) is 0 Å². The van der Waals surface area contributed by atoms with Crippen molar-refractivity contribution in [3.8, 4) is 0 Å². The first-order valence-corrected chi connectivity index (χ1v) is 8.59. The van der Waals surface area contributed by atoms with E-state index < -0.39 is 10.1 Å². The molecular formula is C13H15BrO4S. The van der Waals surface area contributed by atoms with Gasteiger partial charge >= 0.3 is 0 Å². The lowest BCUT2D eigenvalue weighted by Gasteiger charge is -2.28. The first-order valence-electron chi connectivity index (χ1n) is 6.39. The molecule has 1 aromatic carbocycles. The summed E-state index contributed by atoms with van der Waals surface area (Å²) < 4.78 is 36.3. The van der Waals surface area contributed by atoms with Crippen LogP contribution in [0.4, 0.5) is 0 Å². The highest BCUT2D eigenvalue weighted by Crippen LogP contribution is 2.35. The van der Waals surface area contributed by atoms with Crippen molar-refractivity contribution >= 4 is 26.0 Å². The molecule has 3 rings (SSSR count). The van der Waals surface area contributed by atoms with Crippen molar-refractivity contribution in [3.05, 3.63) is 28.7 Å². The summed E-state index contributed by atoms with van der Waals surface area (Å²) >= 11 is 3.28. The van der Waals surface area contributed by atoms with Crippen LogP contribution in [0.1, 0.15) is 25.7 Å². The lowest BCUT2D eigenvalue weighted by atomic mass is 10.1. The number of benzene rings is 1. The Balaban J connectivity index is 1.76. The summed E-state index contributed by atoms with van der Waals surface area (Å²) in [4.78, 5) is 0.191. The molecule has 2 bridgehead atoms. The predicted molar refractivity (Wildman–Crippen MR) is 73.3 cm³/mol. The van der Waals surface area contributed by atoms with E-state index >= 15 is 0 Å². The van der Waals surface area contributed by atoms with Gasteiger partial charge in [-0.25, -0.2) is 0 Å². The maximum atomic E-state index is 12.2. The Morgan fingerprint density at radius 1 is 1.11 bits per heavy atom. The minimum Gasteiger partial charge on any atom is -0.372 e. The SMILES string of the molecule is O=S(=O)(OC1CCC2CCC1O2)c1ccc(Br)cc1. The van der Waals surface area contributed by atoms with Crippen molar-refractivity contribution < 1.29 is 17.3 Å². The minimum absolute atomic E-state index is 0.0658. The molecule has 0 aromatic heterocycles. The van der Waals surface area contributed by atoms with Crippen LogP contribution >= 0.6 is 15.9 Å². The molecule has 0 spiro atoms. The first-order chi connectivity index (χ1) is 9.04. The standard InChI is InChI=1S/C13H15BrO4S/c14-9-1-5-11(6-2-9)19(15,16)18-13-8-4-10-3-7-12(13)17-10/h1-2,5-6,10,12-13H,3-4,7-8H2. The van der Waals surface area contributed by atoms with Crippen LogP contribution in [0.3, 0.4) is 0 Å². The Morgan fingerprint density at radius 2 is 1.79 bits per heavy atom. The average Bonchev–Trinajstić information content (AvgIpc) is 2.76. The molecule has 0 aliphatic carbocycles. The van der Waals surface area contributed by atoms with Gasteiger partial charge in [0.2, 0.25) is 0 Å². The summed E-state index contributed by atoms with van der Waals surface area (Å²) in [6.07, 6.45) is 3.45. The molecule has 3 atom stereocenters. The first kappa shape index (κ1) is 13.5. The van der Waals surface area contributed by atoms with E-state index in [1.165, 1.54) is 0 Å². The van der Waals surface area contributed by atoms with Gasteiger partial charge in [0, 0.05) is 4.47 Å². The van der Waals surface area contributed by atoms with Gasteiger partial charge in [-0.3, -0.25) is 4.18 Å². The van der Waals surface area contributed by atoms with Crippen molar-refractivity contribution in [1.29, 1.82) is 0 Å². The summed E-state index contributed by atoms with van der Waals surface area (Å²) in [6.45, 7) is 0. The molecule has 6 heteroatoms. The summed E-state index contributed by atoms with van der Waals surface area (Å²) in [5, 5.41) is 0. The molecule has 2 heterocycles. The van der Waals surface area contributed by atoms with Crippen LogP contribution in [-0.2, 0) is 19.0 Å². The number of fused-ring (bicyclic) bond motifs is 2. The Hall–Kier alpha value is -0.430. The summed E-state index contributed by atoms with van der Waals surface area (Å²) in [5.41, 5.74) is 0. The van der Waals surface area contributed by atoms with Crippen molar-refractivity contribution in [1.82, 2.24) is 0 Å². The third kappa shape index (κ3) is 2.86. The highest BCUT2D eigenvalue weighted by atomic mass is 79.9. The molecule has 0 saturated carbocycles. The topological polar surface area (TPSA) is 52.6 Å². The van der Waals surface area contributed by atoms with Gasteiger partial charge in [0.15, 0.2) is 0 Å². The molecule has 104 valence electrons. The van der Waals surface area contributed by atoms with Crippen molar-refractivity contribution in [2.45, 2.75) is 48.9 Å². The van der Waals surface area contributed by atoms with Gasteiger partial charge in [-0.05, 0) is 49.9 Å². The second-order valence-corrected chi connectivity index (χ2v) is 7.48. The Kier molecular flexibility index (Phi) is 3.68. The smallest absolute Gasteiger partial charge is 0.297 e. The normalized spacial score (nSPS) is 30.5. The summed E-state index contributed by atoms with van der Waals surface area (Å²) in [7, 11) is -3.70. The van der Waals surface area contributed by atoms with E-state index in [1.807, 2.05) is 0 Å². The molecule has 3 unspecified atom stereocenters. The molecule has 4 nitrogen and oxygen atoms in total. The predicted octanol–water partition coefficient (Wildman–Crippen LogP) is 2.86. The zero-order chi connectivity index (χ0) is 13.5. The van der Waals surface area contributed by atoms with Gasteiger partial charge in [-0.1, -0.05) is 15.9 Å². The van der Waals surface area contributed by atoms with Gasteiger partial charge in [-0.2, -0.15) is 8.42 Å². The number of hydrogen-bond acceptors (Lipinski definition) is 4. The van der Waals surface area contributed by atoms with Crippen molar-refractivity contribution in [2.24, 2.45) is 0 Å². The van der Waals surface area contributed by atoms with Crippen LogP contribution in [-0.4, -0.2) is 26.7 Å². The second-order valence-electron chi connectivity index (χ2n) is 4.99. The molecular weight excluding hydrogens is 332 g/mol. The zero-order valence-corrected chi connectivity index (χ0v) is 12.7. The molecule has 2 aliphatic heterocycles.